The number of benzene rings is 1. The van der Waals surface area contributed by atoms with Gasteiger partial charge in [0.2, 0.25) is 5.91 Å². The van der Waals surface area contributed by atoms with Crippen LogP contribution in [0.4, 0.5) is 5.69 Å². The molecule has 1 aliphatic heterocycles. The molecule has 1 amide bonds. The van der Waals surface area contributed by atoms with E-state index in [2.05, 4.69) is 10.6 Å². The number of hydrogen-bond acceptors (Lipinski definition) is 6. The molecular weight excluding hydrogens is 356 g/mol. The van der Waals surface area contributed by atoms with Gasteiger partial charge in [0.15, 0.2) is 14.6 Å². The lowest BCUT2D eigenvalue weighted by atomic mass is 9.95. The zero-order chi connectivity index (χ0) is 19.0. The third kappa shape index (κ3) is 5.26. The monoisotopic (exact) mass is 384 g/mol. The molecule has 7 nitrogen and oxygen atoms in total. The molecule has 1 heterocycles. The molecular formula is C18H28N2O5S. The fourth-order valence-electron chi connectivity index (χ4n) is 3.03. The molecule has 26 heavy (non-hydrogen) atoms. The zero-order valence-electron chi connectivity index (χ0n) is 15.4. The summed E-state index contributed by atoms with van der Waals surface area (Å²) >= 11 is 0. The molecule has 1 saturated heterocycles. The van der Waals surface area contributed by atoms with Crippen LogP contribution in [0.1, 0.15) is 25.3 Å². The minimum Gasteiger partial charge on any atom is -0.379 e. The SMILES string of the molecule is CCOCCOCc1cccc(NC(=O)C2(S(C)(=O)=O)CCNCC2)c1. The van der Waals surface area contributed by atoms with Crippen LogP contribution in [0.25, 0.3) is 0 Å². The summed E-state index contributed by atoms with van der Waals surface area (Å²) in [6.07, 6.45) is 1.69. The maximum Gasteiger partial charge on any atom is 0.245 e. The summed E-state index contributed by atoms with van der Waals surface area (Å²) in [6.45, 7) is 5.03. The van der Waals surface area contributed by atoms with Crippen molar-refractivity contribution in [1.82, 2.24) is 5.32 Å². The largest absolute Gasteiger partial charge is 0.379 e. The van der Waals surface area contributed by atoms with Crippen LogP contribution in [-0.2, 0) is 30.7 Å². The Kier molecular flexibility index (Phi) is 7.57. The Bertz CT molecular complexity index is 699. The van der Waals surface area contributed by atoms with E-state index >= 15 is 0 Å². The fraction of sp³-hybridized carbons (Fsp3) is 0.611. The highest BCUT2D eigenvalue weighted by molar-refractivity contribution is 7.92. The molecule has 0 saturated carbocycles. The maximum atomic E-state index is 12.8. The number of amides is 1. The van der Waals surface area contributed by atoms with Gasteiger partial charge in [0.1, 0.15) is 0 Å². The number of rotatable bonds is 9. The molecule has 0 unspecified atom stereocenters. The third-order valence-corrected chi connectivity index (χ3v) is 6.58. The smallest absolute Gasteiger partial charge is 0.245 e. The van der Waals surface area contributed by atoms with Crippen LogP contribution < -0.4 is 10.6 Å². The highest BCUT2D eigenvalue weighted by atomic mass is 32.2. The maximum absolute atomic E-state index is 12.8. The van der Waals surface area contributed by atoms with Gasteiger partial charge in [-0.15, -0.1) is 0 Å². The Hall–Kier alpha value is -1.48. The van der Waals surface area contributed by atoms with E-state index in [-0.39, 0.29) is 12.8 Å². The van der Waals surface area contributed by atoms with Crippen molar-refractivity contribution >= 4 is 21.4 Å². The Morgan fingerprint density at radius 1 is 1.23 bits per heavy atom. The van der Waals surface area contributed by atoms with Crippen molar-refractivity contribution in [3.63, 3.8) is 0 Å². The number of sulfone groups is 1. The van der Waals surface area contributed by atoms with Crippen molar-refractivity contribution < 1.29 is 22.7 Å². The number of piperidine rings is 1. The van der Waals surface area contributed by atoms with Crippen LogP contribution in [0.2, 0.25) is 0 Å². The van der Waals surface area contributed by atoms with E-state index in [1.54, 1.807) is 12.1 Å². The summed E-state index contributed by atoms with van der Waals surface area (Å²) in [5.41, 5.74) is 1.47. The van der Waals surface area contributed by atoms with Gasteiger partial charge in [-0.1, -0.05) is 12.1 Å². The van der Waals surface area contributed by atoms with Crippen LogP contribution in [0.15, 0.2) is 24.3 Å². The Balaban J connectivity index is 2.02. The number of carbonyl (C=O) groups is 1. The molecule has 0 aliphatic carbocycles. The van der Waals surface area contributed by atoms with Crippen LogP contribution in [-0.4, -0.2) is 58.2 Å². The average molecular weight is 384 g/mol. The molecule has 0 atom stereocenters. The summed E-state index contributed by atoms with van der Waals surface area (Å²) in [7, 11) is -3.53. The van der Waals surface area contributed by atoms with Crippen LogP contribution >= 0.6 is 0 Å². The van der Waals surface area contributed by atoms with Crippen LogP contribution in [0.3, 0.4) is 0 Å². The molecule has 8 heteroatoms. The molecule has 0 bridgehead atoms. The first-order valence-electron chi connectivity index (χ1n) is 8.85. The second kappa shape index (κ2) is 9.45. The lowest BCUT2D eigenvalue weighted by Gasteiger charge is -2.34. The van der Waals surface area contributed by atoms with Gasteiger partial charge in [-0.3, -0.25) is 4.79 Å². The van der Waals surface area contributed by atoms with E-state index in [0.717, 1.165) is 11.8 Å². The highest BCUT2D eigenvalue weighted by Gasteiger charge is 2.48. The zero-order valence-corrected chi connectivity index (χ0v) is 16.2. The first-order valence-corrected chi connectivity index (χ1v) is 10.7. The number of ether oxygens (including phenoxy) is 2. The van der Waals surface area contributed by atoms with Crippen molar-refractivity contribution in [2.24, 2.45) is 0 Å². The van der Waals surface area contributed by atoms with Gasteiger partial charge in [-0.25, -0.2) is 8.42 Å². The third-order valence-electron chi connectivity index (χ3n) is 4.56. The van der Waals surface area contributed by atoms with E-state index in [0.29, 0.717) is 45.2 Å². The Morgan fingerprint density at radius 3 is 2.58 bits per heavy atom. The number of nitrogens with one attached hydrogen (secondary N) is 2. The predicted octanol–water partition coefficient (Wildman–Crippen LogP) is 1.34. The summed E-state index contributed by atoms with van der Waals surface area (Å²) in [5.74, 6) is -0.462. The van der Waals surface area contributed by atoms with E-state index in [4.69, 9.17) is 9.47 Å². The first-order chi connectivity index (χ1) is 12.4. The standard InChI is InChI=1S/C18H28N2O5S/c1-3-24-11-12-25-14-15-5-4-6-16(13-15)20-17(21)18(26(2,22)23)7-9-19-10-8-18/h4-6,13,19H,3,7-12,14H2,1-2H3,(H,20,21). The van der Waals surface area contributed by atoms with Gasteiger partial charge in [0, 0.05) is 18.6 Å². The van der Waals surface area contributed by atoms with Gasteiger partial charge < -0.3 is 20.1 Å². The van der Waals surface area contributed by atoms with Gasteiger partial charge in [0.05, 0.1) is 19.8 Å². The molecule has 1 aromatic rings. The summed E-state index contributed by atoms with van der Waals surface area (Å²) < 4.78 is 34.0. The number of hydrogen-bond donors (Lipinski definition) is 2. The minimum atomic E-state index is -3.53. The topological polar surface area (TPSA) is 93.7 Å². The second-order valence-electron chi connectivity index (χ2n) is 6.42. The number of anilines is 1. The molecule has 0 radical (unpaired) electrons. The molecule has 1 aromatic carbocycles. The quantitative estimate of drug-likeness (QED) is 0.624. The van der Waals surface area contributed by atoms with E-state index in [1.807, 2.05) is 19.1 Å². The Morgan fingerprint density at radius 2 is 1.92 bits per heavy atom. The first kappa shape index (κ1) is 20.8. The normalized spacial score (nSPS) is 17.0. The number of carbonyl (C=O) groups excluding carboxylic acids is 1. The molecule has 0 spiro atoms. The van der Waals surface area contributed by atoms with Crippen LogP contribution in [0, 0.1) is 0 Å². The van der Waals surface area contributed by atoms with Crippen molar-refractivity contribution in [3.05, 3.63) is 29.8 Å². The predicted molar refractivity (Wildman–Crippen MR) is 101 cm³/mol. The Labute approximate surface area is 155 Å². The van der Waals surface area contributed by atoms with Crippen molar-refractivity contribution in [2.45, 2.75) is 31.1 Å². The average Bonchev–Trinajstić information content (AvgIpc) is 2.61. The fourth-order valence-corrected chi connectivity index (χ4v) is 4.37. The van der Waals surface area contributed by atoms with Crippen molar-refractivity contribution in [3.8, 4) is 0 Å². The van der Waals surface area contributed by atoms with E-state index in [1.165, 1.54) is 0 Å². The lowest BCUT2D eigenvalue weighted by Crippen LogP contribution is -2.55. The van der Waals surface area contributed by atoms with Gasteiger partial charge >= 0.3 is 0 Å². The van der Waals surface area contributed by atoms with Gasteiger partial charge in [-0.05, 0) is 50.6 Å². The summed E-state index contributed by atoms with van der Waals surface area (Å²) in [4.78, 5) is 12.8. The molecule has 1 aliphatic rings. The van der Waals surface area contributed by atoms with Crippen molar-refractivity contribution in [2.75, 3.05) is 44.5 Å². The summed E-state index contributed by atoms with van der Waals surface area (Å²) in [5, 5.41) is 5.89. The lowest BCUT2D eigenvalue weighted by molar-refractivity contribution is -0.119. The second-order valence-corrected chi connectivity index (χ2v) is 8.75. The molecule has 1 fully saturated rings. The molecule has 146 valence electrons. The molecule has 0 aromatic heterocycles. The van der Waals surface area contributed by atoms with Crippen LogP contribution in [0.5, 0.6) is 0 Å². The van der Waals surface area contributed by atoms with Gasteiger partial charge in [-0.2, -0.15) is 0 Å². The summed E-state index contributed by atoms with van der Waals surface area (Å²) in [6, 6.07) is 7.26. The highest BCUT2D eigenvalue weighted by Crippen LogP contribution is 2.29. The van der Waals surface area contributed by atoms with E-state index in [9.17, 15) is 13.2 Å². The van der Waals surface area contributed by atoms with Crippen molar-refractivity contribution in [1.29, 1.82) is 0 Å². The molecule has 2 N–H and O–H groups in total. The molecule has 2 rings (SSSR count). The van der Waals surface area contributed by atoms with Gasteiger partial charge in [0.25, 0.3) is 0 Å². The minimum absolute atomic E-state index is 0.276. The van der Waals surface area contributed by atoms with E-state index < -0.39 is 20.5 Å².